The summed E-state index contributed by atoms with van der Waals surface area (Å²) >= 11 is 0. The molecule has 0 aliphatic heterocycles. The maximum absolute atomic E-state index is 12.4. The van der Waals surface area contributed by atoms with Crippen LogP contribution in [0.5, 0.6) is 5.75 Å². The Balaban J connectivity index is 1.97. The lowest BCUT2D eigenvalue weighted by Crippen LogP contribution is -2.39. The molecule has 0 fully saturated rings. The Morgan fingerprint density at radius 3 is 2.28 bits per heavy atom. The second-order valence-corrected chi connectivity index (χ2v) is 6.28. The molecule has 0 unspecified atom stereocenters. The molecule has 0 aliphatic rings. The van der Waals surface area contributed by atoms with Crippen molar-refractivity contribution in [1.29, 1.82) is 0 Å². The molecule has 2 aromatic rings. The minimum Gasteiger partial charge on any atom is -0.496 e. The lowest BCUT2D eigenvalue weighted by Gasteiger charge is -2.21. The summed E-state index contributed by atoms with van der Waals surface area (Å²) in [6.07, 6.45) is 0. The second-order valence-electron chi connectivity index (χ2n) is 6.28. The predicted octanol–water partition coefficient (Wildman–Crippen LogP) is 3.44. The summed E-state index contributed by atoms with van der Waals surface area (Å²) in [6, 6.07) is 15.2. The molecule has 0 bridgehead atoms. The zero-order chi connectivity index (χ0) is 18.4. The van der Waals surface area contributed by atoms with Gasteiger partial charge in [-0.1, -0.05) is 18.2 Å². The van der Waals surface area contributed by atoms with Crippen molar-refractivity contribution in [2.45, 2.75) is 25.9 Å². The van der Waals surface area contributed by atoms with Crippen molar-refractivity contribution in [3.05, 3.63) is 54.1 Å². The molecule has 2 aromatic carbocycles. The van der Waals surface area contributed by atoms with Crippen LogP contribution in [-0.2, 0) is 4.79 Å². The zero-order valence-corrected chi connectivity index (χ0v) is 15.5. The average Bonchev–Trinajstić information content (AvgIpc) is 2.61. The number of nitrogens with one attached hydrogen (secondary N) is 2. The van der Waals surface area contributed by atoms with E-state index in [0.717, 1.165) is 22.7 Å². The van der Waals surface area contributed by atoms with Crippen molar-refractivity contribution in [3.8, 4) is 5.75 Å². The summed E-state index contributed by atoms with van der Waals surface area (Å²) in [5.74, 6) is 0.744. The topological polar surface area (TPSA) is 53.6 Å². The van der Waals surface area contributed by atoms with Crippen LogP contribution in [-0.4, -0.2) is 33.2 Å². The van der Waals surface area contributed by atoms with E-state index in [1.54, 1.807) is 7.11 Å². The van der Waals surface area contributed by atoms with Gasteiger partial charge in [0.1, 0.15) is 5.75 Å². The molecule has 0 heterocycles. The summed E-state index contributed by atoms with van der Waals surface area (Å²) in [6.45, 7) is 3.88. The van der Waals surface area contributed by atoms with E-state index in [1.807, 2.05) is 81.4 Å². The van der Waals surface area contributed by atoms with E-state index in [-0.39, 0.29) is 18.0 Å². The van der Waals surface area contributed by atoms with Gasteiger partial charge in [-0.05, 0) is 44.2 Å². The number of anilines is 2. The summed E-state index contributed by atoms with van der Waals surface area (Å²) in [7, 11) is 5.62. The number of ether oxygens (including phenoxy) is 1. The Labute approximate surface area is 150 Å². The van der Waals surface area contributed by atoms with Gasteiger partial charge in [0, 0.05) is 37.1 Å². The molecule has 5 nitrogen and oxygen atoms in total. The molecule has 0 saturated carbocycles. The lowest BCUT2D eigenvalue weighted by atomic mass is 10.1. The van der Waals surface area contributed by atoms with Crippen molar-refractivity contribution in [3.63, 3.8) is 0 Å². The van der Waals surface area contributed by atoms with Crippen LogP contribution >= 0.6 is 0 Å². The maximum Gasteiger partial charge on any atom is 0.241 e. The molecular formula is C20H27N3O2. The number of carbonyl (C=O) groups excluding carboxylic acids is 1. The Bertz CT molecular complexity index is 698. The highest BCUT2D eigenvalue weighted by molar-refractivity contribution is 5.94. The number of hydrogen-bond acceptors (Lipinski definition) is 4. The molecular weight excluding hydrogens is 314 g/mol. The molecule has 2 rings (SSSR count). The average molecular weight is 341 g/mol. The van der Waals surface area contributed by atoms with Crippen LogP contribution in [0.1, 0.15) is 25.5 Å². The quantitative estimate of drug-likeness (QED) is 0.810. The normalized spacial score (nSPS) is 13.0. The summed E-state index contributed by atoms with van der Waals surface area (Å²) < 4.78 is 5.39. The minimum absolute atomic E-state index is 0.00647. The van der Waals surface area contributed by atoms with Gasteiger partial charge in [-0.2, -0.15) is 0 Å². The third-order valence-electron chi connectivity index (χ3n) is 4.15. The van der Waals surface area contributed by atoms with E-state index in [0.29, 0.717) is 0 Å². The van der Waals surface area contributed by atoms with Crippen molar-refractivity contribution in [2.24, 2.45) is 0 Å². The maximum atomic E-state index is 12.4. The van der Waals surface area contributed by atoms with Crippen LogP contribution < -0.4 is 20.3 Å². The van der Waals surface area contributed by atoms with Gasteiger partial charge < -0.3 is 15.0 Å². The summed E-state index contributed by atoms with van der Waals surface area (Å²) in [5, 5.41) is 6.26. The highest BCUT2D eigenvalue weighted by Crippen LogP contribution is 2.24. The Kier molecular flexibility index (Phi) is 6.42. The van der Waals surface area contributed by atoms with Crippen LogP contribution in [0.15, 0.2) is 48.5 Å². The molecule has 25 heavy (non-hydrogen) atoms. The minimum atomic E-state index is -0.339. The monoisotopic (exact) mass is 341 g/mol. The van der Waals surface area contributed by atoms with Crippen LogP contribution in [0.25, 0.3) is 0 Å². The molecule has 2 N–H and O–H groups in total. The smallest absolute Gasteiger partial charge is 0.241 e. The van der Waals surface area contributed by atoms with E-state index in [9.17, 15) is 4.79 Å². The standard InChI is InChI=1S/C20H27N3O2/c1-14(18-8-6-7-9-19(18)25-5)21-15(2)20(24)22-16-10-12-17(13-11-16)23(3)4/h6-15,21H,1-5H3,(H,22,24)/t14-,15-/m0/s1. The van der Waals surface area contributed by atoms with Gasteiger partial charge >= 0.3 is 0 Å². The molecule has 0 aromatic heterocycles. The summed E-state index contributed by atoms with van der Waals surface area (Å²) in [4.78, 5) is 14.5. The van der Waals surface area contributed by atoms with Crippen molar-refractivity contribution >= 4 is 17.3 Å². The van der Waals surface area contributed by atoms with Crippen LogP contribution in [0, 0.1) is 0 Å². The van der Waals surface area contributed by atoms with Gasteiger partial charge in [-0.15, -0.1) is 0 Å². The van der Waals surface area contributed by atoms with E-state index >= 15 is 0 Å². The van der Waals surface area contributed by atoms with Gasteiger partial charge in [0.15, 0.2) is 0 Å². The fourth-order valence-corrected chi connectivity index (χ4v) is 2.66. The van der Waals surface area contributed by atoms with E-state index in [4.69, 9.17) is 4.74 Å². The molecule has 134 valence electrons. The first-order valence-corrected chi connectivity index (χ1v) is 8.39. The molecule has 2 atom stereocenters. The number of carbonyl (C=O) groups is 1. The highest BCUT2D eigenvalue weighted by Gasteiger charge is 2.18. The van der Waals surface area contributed by atoms with Gasteiger partial charge in [0.25, 0.3) is 0 Å². The first kappa shape index (κ1) is 18.8. The number of benzene rings is 2. The first-order chi connectivity index (χ1) is 11.9. The van der Waals surface area contributed by atoms with Crippen molar-refractivity contribution < 1.29 is 9.53 Å². The Morgan fingerprint density at radius 2 is 1.68 bits per heavy atom. The molecule has 0 spiro atoms. The highest BCUT2D eigenvalue weighted by atomic mass is 16.5. The van der Waals surface area contributed by atoms with Gasteiger partial charge in [-0.25, -0.2) is 0 Å². The van der Waals surface area contributed by atoms with Gasteiger partial charge in [0.05, 0.1) is 13.2 Å². The summed E-state index contributed by atoms with van der Waals surface area (Å²) in [5.41, 5.74) is 2.91. The van der Waals surface area contributed by atoms with Crippen LogP contribution in [0.4, 0.5) is 11.4 Å². The Hall–Kier alpha value is -2.53. The number of nitrogens with zero attached hydrogens (tertiary/aromatic N) is 1. The van der Waals surface area contributed by atoms with Gasteiger partial charge in [0.2, 0.25) is 5.91 Å². The van der Waals surface area contributed by atoms with Crippen molar-refractivity contribution in [1.82, 2.24) is 5.32 Å². The molecule has 0 radical (unpaired) electrons. The fourth-order valence-electron chi connectivity index (χ4n) is 2.66. The van der Waals surface area contributed by atoms with Gasteiger partial charge in [-0.3, -0.25) is 10.1 Å². The number of hydrogen-bond donors (Lipinski definition) is 2. The number of amides is 1. The zero-order valence-electron chi connectivity index (χ0n) is 15.5. The molecule has 5 heteroatoms. The number of methoxy groups -OCH3 is 1. The SMILES string of the molecule is COc1ccccc1[C@H](C)N[C@@H](C)C(=O)Nc1ccc(N(C)C)cc1. The van der Waals surface area contributed by atoms with Crippen molar-refractivity contribution in [2.75, 3.05) is 31.4 Å². The first-order valence-electron chi connectivity index (χ1n) is 8.39. The molecule has 1 amide bonds. The van der Waals surface area contributed by atoms with Crippen LogP contribution in [0.2, 0.25) is 0 Å². The van der Waals surface area contributed by atoms with E-state index in [1.165, 1.54) is 0 Å². The number of para-hydroxylation sites is 1. The number of rotatable bonds is 7. The molecule has 0 aliphatic carbocycles. The predicted molar refractivity (Wildman–Crippen MR) is 103 cm³/mol. The lowest BCUT2D eigenvalue weighted by molar-refractivity contribution is -0.117. The largest absolute Gasteiger partial charge is 0.496 e. The molecule has 0 saturated heterocycles. The Morgan fingerprint density at radius 1 is 1.04 bits per heavy atom. The second kappa shape index (κ2) is 8.53. The third-order valence-corrected chi connectivity index (χ3v) is 4.15. The van der Waals surface area contributed by atoms with E-state index < -0.39 is 0 Å². The van der Waals surface area contributed by atoms with E-state index in [2.05, 4.69) is 10.6 Å². The fraction of sp³-hybridized carbons (Fsp3) is 0.350. The van der Waals surface area contributed by atoms with Crippen LogP contribution in [0.3, 0.4) is 0 Å². The third kappa shape index (κ3) is 4.97.